The van der Waals surface area contributed by atoms with Crippen LogP contribution in [0, 0.1) is 0 Å². The molecule has 0 radical (unpaired) electrons. The summed E-state index contributed by atoms with van der Waals surface area (Å²) in [7, 11) is 0. The van der Waals surface area contributed by atoms with E-state index in [4.69, 9.17) is 0 Å². The number of likely N-dealkylation sites (tertiary alicyclic amines) is 1. The molecule has 0 saturated carbocycles. The molecular formula is C15H22N2OS. The largest absolute Gasteiger partial charge is 0.338 e. The first-order valence-electron chi connectivity index (χ1n) is 6.86. The smallest absolute Gasteiger partial charge is 0.210 e. The summed E-state index contributed by atoms with van der Waals surface area (Å²) in [5.74, 6) is 0. The van der Waals surface area contributed by atoms with E-state index in [-0.39, 0.29) is 10.8 Å². The van der Waals surface area contributed by atoms with Crippen molar-refractivity contribution >= 4 is 18.2 Å². The van der Waals surface area contributed by atoms with E-state index in [2.05, 4.69) is 31.8 Å². The zero-order valence-electron chi connectivity index (χ0n) is 11.9. The van der Waals surface area contributed by atoms with Crippen molar-refractivity contribution in [2.45, 2.75) is 55.8 Å². The summed E-state index contributed by atoms with van der Waals surface area (Å²) in [5, 5.41) is 1.06. The molecule has 1 atom stereocenters. The number of aromatic nitrogens is 1. The van der Waals surface area contributed by atoms with Gasteiger partial charge in [0.15, 0.2) is 0 Å². The van der Waals surface area contributed by atoms with Crippen molar-refractivity contribution in [3.05, 3.63) is 23.9 Å². The van der Waals surface area contributed by atoms with Crippen LogP contribution in [-0.2, 0) is 4.79 Å². The predicted molar refractivity (Wildman–Crippen MR) is 79.2 cm³/mol. The molecule has 2 rings (SSSR count). The van der Waals surface area contributed by atoms with E-state index in [1.807, 2.05) is 17.2 Å². The van der Waals surface area contributed by atoms with Crippen molar-refractivity contribution in [1.82, 2.24) is 9.88 Å². The second-order valence-corrected chi connectivity index (χ2v) is 7.78. The Kier molecular flexibility index (Phi) is 4.50. The van der Waals surface area contributed by atoms with Gasteiger partial charge in [-0.05, 0) is 25.3 Å². The first-order valence-corrected chi connectivity index (χ1v) is 7.68. The Balaban J connectivity index is 2.30. The third-order valence-corrected chi connectivity index (χ3v) is 4.39. The number of carbonyl (C=O) groups is 1. The van der Waals surface area contributed by atoms with Crippen LogP contribution in [0.15, 0.2) is 23.4 Å². The lowest BCUT2D eigenvalue weighted by atomic mass is 9.97. The number of pyridine rings is 1. The molecule has 2 heterocycles. The molecule has 1 aromatic rings. The van der Waals surface area contributed by atoms with Gasteiger partial charge in [-0.15, -0.1) is 11.8 Å². The highest BCUT2D eigenvalue weighted by Crippen LogP contribution is 2.38. The van der Waals surface area contributed by atoms with E-state index in [1.54, 1.807) is 11.8 Å². The Labute approximate surface area is 119 Å². The summed E-state index contributed by atoms with van der Waals surface area (Å²) in [4.78, 5) is 17.7. The molecule has 0 aromatic carbocycles. The summed E-state index contributed by atoms with van der Waals surface area (Å²) >= 11 is 1.78. The quantitative estimate of drug-likeness (QED) is 0.625. The molecule has 1 aliphatic heterocycles. The predicted octanol–water partition coefficient (Wildman–Crippen LogP) is 3.66. The first-order chi connectivity index (χ1) is 9.01. The normalized spacial score (nSPS) is 20.4. The first kappa shape index (κ1) is 14.4. The summed E-state index contributed by atoms with van der Waals surface area (Å²) in [6.07, 6.45) is 6.16. The van der Waals surface area contributed by atoms with E-state index in [0.29, 0.717) is 0 Å². The summed E-state index contributed by atoms with van der Waals surface area (Å²) in [6, 6.07) is 4.29. The third kappa shape index (κ3) is 3.72. The average molecular weight is 278 g/mol. The molecule has 0 spiro atoms. The zero-order valence-corrected chi connectivity index (χ0v) is 12.7. The van der Waals surface area contributed by atoms with Crippen molar-refractivity contribution in [3.8, 4) is 0 Å². The molecule has 0 unspecified atom stereocenters. The molecule has 104 valence electrons. The SMILES string of the molecule is CC(C)(C)Sc1ncccc1[C@H]1CCCCN1C=O. The van der Waals surface area contributed by atoms with Crippen LogP contribution in [0.4, 0.5) is 0 Å². The van der Waals surface area contributed by atoms with Gasteiger partial charge in [-0.25, -0.2) is 4.98 Å². The van der Waals surface area contributed by atoms with Crippen LogP contribution in [0.1, 0.15) is 51.6 Å². The van der Waals surface area contributed by atoms with Crippen LogP contribution in [0.25, 0.3) is 0 Å². The van der Waals surface area contributed by atoms with Gasteiger partial charge < -0.3 is 4.90 Å². The number of hydrogen-bond acceptors (Lipinski definition) is 3. The van der Waals surface area contributed by atoms with Crippen LogP contribution in [0.2, 0.25) is 0 Å². The summed E-state index contributed by atoms with van der Waals surface area (Å²) < 4.78 is 0.129. The molecule has 1 saturated heterocycles. The maximum atomic E-state index is 11.2. The van der Waals surface area contributed by atoms with Gasteiger partial charge in [0.05, 0.1) is 6.04 Å². The van der Waals surface area contributed by atoms with E-state index in [1.165, 1.54) is 12.0 Å². The topological polar surface area (TPSA) is 33.2 Å². The molecule has 0 aliphatic carbocycles. The molecule has 1 aliphatic rings. The molecular weight excluding hydrogens is 256 g/mol. The van der Waals surface area contributed by atoms with Crippen molar-refractivity contribution in [3.63, 3.8) is 0 Å². The molecule has 1 aromatic heterocycles. The van der Waals surface area contributed by atoms with Crippen LogP contribution in [0.5, 0.6) is 0 Å². The highest BCUT2D eigenvalue weighted by molar-refractivity contribution is 8.00. The van der Waals surface area contributed by atoms with Crippen molar-refractivity contribution in [1.29, 1.82) is 0 Å². The Hall–Kier alpha value is -1.03. The van der Waals surface area contributed by atoms with Gasteiger partial charge in [0, 0.05) is 23.1 Å². The van der Waals surface area contributed by atoms with Crippen LogP contribution >= 0.6 is 11.8 Å². The molecule has 4 heteroatoms. The van der Waals surface area contributed by atoms with Gasteiger partial charge in [-0.2, -0.15) is 0 Å². The van der Waals surface area contributed by atoms with Crippen molar-refractivity contribution < 1.29 is 4.79 Å². The lowest BCUT2D eigenvalue weighted by Crippen LogP contribution is -2.32. The number of amides is 1. The van der Waals surface area contributed by atoms with Crippen LogP contribution in [0.3, 0.4) is 0 Å². The van der Waals surface area contributed by atoms with E-state index < -0.39 is 0 Å². The van der Waals surface area contributed by atoms with Gasteiger partial charge >= 0.3 is 0 Å². The minimum absolute atomic E-state index is 0.129. The minimum atomic E-state index is 0.129. The van der Waals surface area contributed by atoms with Gasteiger partial charge in [0.2, 0.25) is 6.41 Å². The lowest BCUT2D eigenvalue weighted by Gasteiger charge is -2.34. The lowest BCUT2D eigenvalue weighted by molar-refractivity contribution is -0.121. The molecule has 19 heavy (non-hydrogen) atoms. The monoisotopic (exact) mass is 278 g/mol. The van der Waals surface area contributed by atoms with Gasteiger partial charge in [0.25, 0.3) is 0 Å². The average Bonchev–Trinajstić information content (AvgIpc) is 2.37. The van der Waals surface area contributed by atoms with E-state index in [0.717, 1.165) is 30.8 Å². The summed E-state index contributed by atoms with van der Waals surface area (Å²) in [5.41, 5.74) is 1.20. The number of piperidine rings is 1. The second-order valence-electron chi connectivity index (χ2n) is 5.97. The van der Waals surface area contributed by atoms with Gasteiger partial charge in [0.1, 0.15) is 5.03 Å². The van der Waals surface area contributed by atoms with E-state index >= 15 is 0 Å². The van der Waals surface area contributed by atoms with E-state index in [9.17, 15) is 4.79 Å². The fourth-order valence-corrected chi connectivity index (χ4v) is 3.46. The van der Waals surface area contributed by atoms with Crippen molar-refractivity contribution in [2.75, 3.05) is 6.54 Å². The number of rotatable bonds is 3. The number of hydrogen-bond donors (Lipinski definition) is 0. The highest BCUT2D eigenvalue weighted by Gasteiger charge is 2.26. The highest BCUT2D eigenvalue weighted by atomic mass is 32.2. The standard InChI is InChI=1S/C15H22N2OS/c1-15(2,3)19-14-12(7-6-9-16-14)13-8-4-5-10-17(13)11-18/h6-7,9,11,13H,4-5,8,10H2,1-3H3/t13-/m1/s1. The minimum Gasteiger partial charge on any atom is -0.338 e. The molecule has 1 fully saturated rings. The van der Waals surface area contributed by atoms with Crippen molar-refractivity contribution in [2.24, 2.45) is 0 Å². The molecule has 0 bridgehead atoms. The van der Waals surface area contributed by atoms with Crippen LogP contribution < -0.4 is 0 Å². The van der Waals surface area contributed by atoms with Gasteiger partial charge in [-0.1, -0.05) is 26.8 Å². The Bertz CT molecular complexity index is 442. The molecule has 0 N–H and O–H groups in total. The number of thioether (sulfide) groups is 1. The van der Waals surface area contributed by atoms with Crippen LogP contribution in [-0.4, -0.2) is 27.6 Å². The Morgan fingerprint density at radius 2 is 2.21 bits per heavy atom. The van der Waals surface area contributed by atoms with Gasteiger partial charge in [-0.3, -0.25) is 4.79 Å². The Morgan fingerprint density at radius 1 is 1.42 bits per heavy atom. The number of carbonyl (C=O) groups excluding carboxylic acids is 1. The maximum absolute atomic E-state index is 11.2. The third-order valence-electron chi connectivity index (χ3n) is 3.24. The Morgan fingerprint density at radius 3 is 2.89 bits per heavy atom. The second kappa shape index (κ2) is 5.95. The molecule has 1 amide bonds. The molecule has 3 nitrogen and oxygen atoms in total. The zero-order chi connectivity index (χ0) is 13.9. The maximum Gasteiger partial charge on any atom is 0.210 e. The fraction of sp³-hybridized carbons (Fsp3) is 0.600. The fourth-order valence-electron chi connectivity index (χ4n) is 2.45. The number of nitrogens with zero attached hydrogens (tertiary/aromatic N) is 2. The summed E-state index contributed by atoms with van der Waals surface area (Å²) in [6.45, 7) is 7.43.